The van der Waals surface area contributed by atoms with Crippen LogP contribution in [0.3, 0.4) is 0 Å². The molecule has 2 aliphatic rings. The first-order valence-electron chi connectivity index (χ1n) is 13.6. The fourth-order valence-electron chi connectivity index (χ4n) is 5.19. The van der Waals surface area contributed by atoms with Gasteiger partial charge in [0.15, 0.2) is 5.82 Å². The summed E-state index contributed by atoms with van der Waals surface area (Å²) >= 11 is 6.57. The minimum atomic E-state index is -0.361. The molecule has 0 spiro atoms. The SMILES string of the molecule is COc1ccc(N2C(=O)N(c3c(C)cccc3Cl)Cc3cnc(Nc4ccc(N5CCN(C)CC5)cc4O)nc32)nc1. The van der Waals surface area contributed by atoms with Crippen molar-refractivity contribution in [3.8, 4) is 11.5 Å². The molecule has 6 rings (SSSR count). The third kappa shape index (κ3) is 5.24. The Hall–Kier alpha value is -4.61. The lowest BCUT2D eigenvalue weighted by Gasteiger charge is -2.36. The molecule has 0 bridgehead atoms. The minimum absolute atomic E-state index is 0.0814. The number of hydrogen-bond acceptors (Lipinski definition) is 9. The van der Waals surface area contributed by atoms with Crippen LogP contribution < -0.4 is 24.8 Å². The Bertz CT molecular complexity index is 1610. The first kappa shape index (κ1) is 27.6. The normalized spacial score (nSPS) is 15.5. The summed E-state index contributed by atoms with van der Waals surface area (Å²) in [7, 11) is 3.66. The molecular weight excluding hydrogens is 556 g/mol. The van der Waals surface area contributed by atoms with Gasteiger partial charge in [0.1, 0.15) is 17.3 Å². The highest BCUT2D eigenvalue weighted by molar-refractivity contribution is 6.34. The van der Waals surface area contributed by atoms with Gasteiger partial charge in [-0.25, -0.2) is 19.7 Å². The van der Waals surface area contributed by atoms with Crippen LogP contribution in [-0.2, 0) is 6.54 Å². The lowest BCUT2D eigenvalue weighted by molar-refractivity contribution is 0.252. The van der Waals surface area contributed by atoms with Crippen LogP contribution in [0, 0.1) is 6.92 Å². The number of rotatable bonds is 6. The largest absolute Gasteiger partial charge is 0.506 e. The number of aromatic nitrogens is 3. The maximum Gasteiger partial charge on any atom is 0.336 e. The molecule has 0 aliphatic carbocycles. The Balaban J connectivity index is 1.34. The number of piperazine rings is 1. The number of ether oxygens (including phenoxy) is 1. The van der Waals surface area contributed by atoms with Gasteiger partial charge in [-0.1, -0.05) is 23.7 Å². The number of benzene rings is 2. The van der Waals surface area contributed by atoms with E-state index < -0.39 is 0 Å². The van der Waals surface area contributed by atoms with Gasteiger partial charge in [-0.05, 0) is 49.9 Å². The summed E-state index contributed by atoms with van der Waals surface area (Å²) in [4.78, 5) is 35.3. The summed E-state index contributed by atoms with van der Waals surface area (Å²) in [6, 6.07) is 14.1. The fourth-order valence-corrected chi connectivity index (χ4v) is 5.52. The summed E-state index contributed by atoms with van der Waals surface area (Å²) < 4.78 is 5.26. The number of aryl methyl sites for hydroxylation is 1. The molecule has 0 atom stereocenters. The Labute approximate surface area is 248 Å². The van der Waals surface area contributed by atoms with Gasteiger partial charge in [0.25, 0.3) is 0 Å². The number of carbonyl (C=O) groups is 1. The van der Waals surface area contributed by atoms with Crippen molar-refractivity contribution in [2.75, 3.05) is 60.4 Å². The zero-order chi connectivity index (χ0) is 29.4. The highest BCUT2D eigenvalue weighted by atomic mass is 35.5. The Kier molecular flexibility index (Phi) is 7.44. The number of amides is 2. The minimum Gasteiger partial charge on any atom is -0.506 e. The number of nitrogens with zero attached hydrogens (tertiary/aromatic N) is 7. The molecule has 12 heteroatoms. The summed E-state index contributed by atoms with van der Waals surface area (Å²) in [5, 5.41) is 14.4. The van der Waals surface area contributed by atoms with Gasteiger partial charge in [-0.2, -0.15) is 4.98 Å². The first-order chi connectivity index (χ1) is 20.3. The van der Waals surface area contributed by atoms with E-state index in [4.69, 9.17) is 21.3 Å². The first-order valence-corrected chi connectivity index (χ1v) is 14.0. The summed E-state index contributed by atoms with van der Waals surface area (Å²) in [5.41, 5.74) is 3.58. The van der Waals surface area contributed by atoms with Crippen molar-refractivity contribution in [2.45, 2.75) is 13.5 Å². The predicted octanol–water partition coefficient (Wildman–Crippen LogP) is 5.32. The number of halogens is 1. The Morgan fingerprint density at radius 3 is 2.52 bits per heavy atom. The quantitative estimate of drug-likeness (QED) is 0.290. The average molecular weight is 587 g/mol. The molecule has 1 saturated heterocycles. The van der Waals surface area contributed by atoms with Gasteiger partial charge in [-0.15, -0.1) is 0 Å². The number of fused-ring (bicyclic) bond motifs is 1. The van der Waals surface area contributed by atoms with Gasteiger partial charge < -0.3 is 25.0 Å². The molecule has 2 aliphatic heterocycles. The molecule has 0 unspecified atom stereocenters. The van der Waals surface area contributed by atoms with E-state index in [9.17, 15) is 9.90 Å². The lowest BCUT2D eigenvalue weighted by Crippen LogP contribution is -2.46. The molecule has 2 aromatic heterocycles. The standard InChI is InChI=1S/C30H31ClN8O3/c1-19-5-4-6-23(31)27(19)38-18-20-16-33-29(35-28(20)39(30(38)41)26-10-8-22(42-3)17-32-26)34-24-9-7-21(15-25(24)40)37-13-11-36(2)12-14-37/h4-10,15-17,40H,11-14,18H2,1-3H3,(H,33,34,35). The van der Waals surface area contributed by atoms with Crippen LogP contribution in [0.15, 0.2) is 60.9 Å². The van der Waals surface area contributed by atoms with E-state index in [1.807, 2.05) is 31.2 Å². The maximum absolute atomic E-state index is 14.1. The van der Waals surface area contributed by atoms with Crippen molar-refractivity contribution in [1.82, 2.24) is 19.9 Å². The summed E-state index contributed by atoms with van der Waals surface area (Å²) in [6.07, 6.45) is 3.21. The van der Waals surface area contributed by atoms with Crippen molar-refractivity contribution in [3.05, 3.63) is 77.1 Å². The predicted molar refractivity (Wildman–Crippen MR) is 164 cm³/mol. The van der Waals surface area contributed by atoms with Crippen LogP contribution in [0.2, 0.25) is 5.02 Å². The molecule has 4 heterocycles. The van der Waals surface area contributed by atoms with Crippen molar-refractivity contribution >= 4 is 52.3 Å². The second-order valence-electron chi connectivity index (χ2n) is 10.3. The maximum atomic E-state index is 14.1. The molecule has 0 saturated carbocycles. The van der Waals surface area contributed by atoms with Gasteiger partial charge in [0, 0.05) is 49.7 Å². The van der Waals surface area contributed by atoms with Crippen LogP contribution >= 0.6 is 11.6 Å². The van der Waals surface area contributed by atoms with Crippen molar-refractivity contribution < 1.29 is 14.6 Å². The lowest BCUT2D eigenvalue weighted by atomic mass is 10.1. The van der Waals surface area contributed by atoms with Crippen molar-refractivity contribution in [1.29, 1.82) is 0 Å². The number of nitrogens with one attached hydrogen (secondary N) is 1. The average Bonchev–Trinajstić information content (AvgIpc) is 2.99. The number of phenols is 1. The number of para-hydroxylation sites is 1. The third-order valence-corrected chi connectivity index (χ3v) is 7.85. The van der Waals surface area contributed by atoms with E-state index in [-0.39, 0.29) is 24.3 Å². The zero-order valence-electron chi connectivity index (χ0n) is 23.6. The van der Waals surface area contributed by atoms with E-state index in [1.54, 1.807) is 48.7 Å². The molecule has 2 N–H and O–H groups in total. The van der Waals surface area contributed by atoms with Gasteiger partial charge in [0.05, 0.1) is 36.2 Å². The number of pyridine rings is 1. The van der Waals surface area contributed by atoms with E-state index >= 15 is 0 Å². The highest BCUT2D eigenvalue weighted by Gasteiger charge is 2.36. The number of phenolic OH excluding ortho intramolecular Hbond substituents is 1. The summed E-state index contributed by atoms with van der Waals surface area (Å²) in [6.45, 7) is 5.85. The van der Waals surface area contributed by atoms with Gasteiger partial charge >= 0.3 is 6.03 Å². The molecule has 0 radical (unpaired) electrons. The van der Waals surface area contributed by atoms with Crippen LogP contribution in [-0.4, -0.2) is 71.3 Å². The van der Waals surface area contributed by atoms with Gasteiger partial charge in [-0.3, -0.25) is 4.90 Å². The van der Waals surface area contributed by atoms with E-state index in [1.165, 1.54) is 4.90 Å². The molecule has 11 nitrogen and oxygen atoms in total. The number of anilines is 6. The smallest absolute Gasteiger partial charge is 0.336 e. The number of carbonyl (C=O) groups excluding carboxylic acids is 1. The van der Waals surface area contributed by atoms with E-state index in [0.717, 1.165) is 37.4 Å². The number of methoxy groups -OCH3 is 1. The fraction of sp³-hybridized carbons (Fsp3) is 0.267. The van der Waals surface area contributed by atoms with Crippen molar-refractivity contribution in [3.63, 3.8) is 0 Å². The number of aromatic hydroxyl groups is 1. The van der Waals surface area contributed by atoms with Crippen LogP contribution in [0.25, 0.3) is 0 Å². The van der Waals surface area contributed by atoms with Crippen LogP contribution in [0.1, 0.15) is 11.1 Å². The number of likely N-dealkylation sites (N-methyl/N-ethyl adjacent to an activating group) is 1. The molecule has 216 valence electrons. The molecule has 4 aromatic rings. The second kappa shape index (κ2) is 11.3. The van der Waals surface area contributed by atoms with Crippen LogP contribution in [0.4, 0.5) is 39.4 Å². The van der Waals surface area contributed by atoms with Crippen LogP contribution in [0.5, 0.6) is 11.5 Å². The molecule has 42 heavy (non-hydrogen) atoms. The van der Waals surface area contributed by atoms with E-state index in [0.29, 0.717) is 39.3 Å². The van der Waals surface area contributed by atoms with E-state index in [2.05, 4.69) is 32.1 Å². The van der Waals surface area contributed by atoms with Gasteiger partial charge in [0.2, 0.25) is 5.95 Å². The van der Waals surface area contributed by atoms with Crippen molar-refractivity contribution in [2.24, 2.45) is 0 Å². The molecule has 2 aromatic carbocycles. The topological polar surface area (TPSA) is 110 Å². The highest BCUT2D eigenvalue weighted by Crippen LogP contribution is 2.40. The second-order valence-corrected chi connectivity index (χ2v) is 10.7. The Morgan fingerprint density at radius 1 is 1.02 bits per heavy atom. The monoisotopic (exact) mass is 586 g/mol. The number of hydrogen-bond donors (Lipinski definition) is 2. The molecule has 2 amide bonds. The zero-order valence-corrected chi connectivity index (χ0v) is 24.3. The molecular formula is C30H31ClN8O3. The number of urea groups is 1. The molecule has 1 fully saturated rings. The Morgan fingerprint density at radius 2 is 1.83 bits per heavy atom. The third-order valence-electron chi connectivity index (χ3n) is 7.54. The summed E-state index contributed by atoms with van der Waals surface area (Å²) in [5.74, 6) is 1.61.